The van der Waals surface area contributed by atoms with Gasteiger partial charge in [-0.25, -0.2) is 0 Å². The number of phenolic OH excluding ortho intramolecular Hbond substituents is 2. The largest absolute Gasteiger partial charge is 0.508 e. The van der Waals surface area contributed by atoms with E-state index in [2.05, 4.69) is 0 Å². The van der Waals surface area contributed by atoms with Crippen LogP contribution in [-0.2, 0) is 0 Å². The van der Waals surface area contributed by atoms with Crippen LogP contribution in [0.5, 0.6) is 11.5 Å². The van der Waals surface area contributed by atoms with Crippen molar-refractivity contribution in [2.75, 3.05) is 0 Å². The Hall–Kier alpha value is -4.18. The Balaban J connectivity index is 1.59. The van der Waals surface area contributed by atoms with Gasteiger partial charge in [-0.05, 0) is 82.2 Å². The maximum Gasteiger partial charge on any atom is 0.136 e. The molecule has 0 aliphatic heterocycles. The van der Waals surface area contributed by atoms with Crippen LogP contribution in [0.15, 0.2) is 81.6 Å². The zero-order valence-corrected chi connectivity index (χ0v) is 15.6. The monoisotopic (exact) mass is 390 g/mol. The second-order valence-electron chi connectivity index (χ2n) is 7.81. The predicted molar refractivity (Wildman–Crippen MR) is 119 cm³/mol. The average molecular weight is 390 g/mol. The van der Waals surface area contributed by atoms with Crippen LogP contribution in [0.2, 0.25) is 0 Å². The summed E-state index contributed by atoms with van der Waals surface area (Å²) in [7, 11) is 0. The van der Waals surface area contributed by atoms with Gasteiger partial charge in [-0.3, -0.25) is 0 Å². The molecule has 0 unspecified atom stereocenters. The van der Waals surface area contributed by atoms with Gasteiger partial charge in [-0.2, -0.15) is 0 Å². The molecule has 4 heteroatoms. The molecule has 7 rings (SSSR count). The molecule has 0 spiro atoms. The van der Waals surface area contributed by atoms with Crippen LogP contribution in [0.4, 0.5) is 0 Å². The number of aromatic hydroxyl groups is 2. The van der Waals surface area contributed by atoms with E-state index in [0.29, 0.717) is 0 Å². The smallest absolute Gasteiger partial charge is 0.136 e. The molecule has 142 valence electrons. The van der Waals surface area contributed by atoms with Gasteiger partial charge in [-0.15, -0.1) is 0 Å². The fraction of sp³-hybridized carbons (Fsp3) is 0. The van der Waals surface area contributed by atoms with Crippen LogP contribution in [0.25, 0.3) is 65.4 Å². The number of fused-ring (bicyclic) bond motifs is 8. The standard InChI is InChI=1S/C26H14O4/c27-17-3-1-13-9-23-19(7-15(13)5-17)21-11-26-22(12-25(21)29-23)20-8-16-6-18(28)4-2-14(16)10-24(20)30-26/h1-12,27-28H. The lowest BCUT2D eigenvalue weighted by molar-refractivity contribution is 0.475. The molecular formula is C26H14O4. The lowest BCUT2D eigenvalue weighted by atomic mass is 10.0. The number of rotatable bonds is 0. The molecule has 0 amide bonds. The van der Waals surface area contributed by atoms with Crippen molar-refractivity contribution in [1.82, 2.24) is 0 Å². The molecule has 0 saturated heterocycles. The van der Waals surface area contributed by atoms with Crippen molar-refractivity contribution < 1.29 is 19.0 Å². The van der Waals surface area contributed by atoms with Crippen molar-refractivity contribution in [1.29, 1.82) is 0 Å². The highest BCUT2D eigenvalue weighted by atomic mass is 16.3. The van der Waals surface area contributed by atoms with Gasteiger partial charge in [0.2, 0.25) is 0 Å². The Morgan fingerprint density at radius 1 is 0.400 bits per heavy atom. The topological polar surface area (TPSA) is 66.7 Å². The molecule has 0 fully saturated rings. The molecule has 0 bridgehead atoms. The van der Waals surface area contributed by atoms with Crippen molar-refractivity contribution in [3.05, 3.63) is 72.8 Å². The number of benzene rings is 5. The lowest BCUT2D eigenvalue weighted by Crippen LogP contribution is -1.74. The molecule has 30 heavy (non-hydrogen) atoms. The van der Waals surface area contributed by atoms with Crippen molar-refractivity contribution in [3.63, 3.8) is 0 Å². The quantitative estimate of drug-likeness (QED) is 0.287. The molecule has 0 aliphatic carbocycles. The van der Waals surface area contributed by atoms with Crippen molar-refractivity contribution in [3.8, 4) is 11.5 Å². The van der Waals surface area contributed by atoms with Gasteiger partial charge in [0.1, 0.15) is 33.8 Å². The molecule has 4 nitrogen and oxygen atoms in total. The van der Waals surface area contributed by atoms with Gasteiger partial charge < -0.3 is 19.0 Å². The molecule has 0 saturated carbocycles. The number of furan rings is 2. The minimum Gasteiger partial charge on any atom is -0.508 e. The van der Waals surface area contributed by atoms with Gasteiger partial charge in [0.15, 0.2) is 0 Å². The summed E-state index contributed by atoms with van der Waals surface area (Å²) < 4.78 is 12.4. The summed E-state index contributed by atoms with van der Waals surface area (Å²) in [6.07, 6.45) is 0. The Morgan fingerprint density at radius 2 is 0.800 bits per heavy atom. The van der Waals surface area contributed by atoms with E-state index in [9.17, 15) is 10.2 Å². The Kier molecular flexibility index (Phi) is 2.75. The highest BCUT2D eigenvalue weighted by Crippen LogP contribution is 2.39. The van der Waals surface area contributed by atoms with Gasteiger partial charge >= 0.3 is 0 Å². The van der Waals surface area contributed by atoms with Crippen molar-refractivity contribution >= 4 is 65.4 Å². The first-order valence-electron chi connectivity index (χ1n) is 9.70. The third-order valence-corrected chi connectivity index (χ3v) is 5.95. The van der Waals surface area contributed by atoms with E-state index in [1.807, 2.05) is 48.5 Å². The second-order valence-corrected chi connectivity index (χ2v) is 7.81. The summed E-state index contributed by atoms with van der Waals surface area (Å²) >= 11 is 0. The van der Waals surface area contributed by atoms with E-state index in [4.69, 9.17) is 8.83 Å². The van der Waals surface area contributed by atoms with Crippen LogP contribution < -0.4 is 0 Å². The van der Waals surface area contributed by atoms with E-state index >= 15 is 0 Å². The highest BCUT2D eigenvalue weighted by Gasteiger charge is 2.15. The van der Waals surface area contributed by atoms with E-state index in [1.54, 1.807) is 24.3 Å². The Morgan fingerprint density at radius 3 is 1.27 bits per heavy atom. The van der Waals surface area contributed by atoms with E-state index in [1.165, 1.54) is 0 Å². The van der Waals surface area contributed by atoms with Crippen molar-refractivity contribution in [2.45, 2.75) is 0 Å². The Bertz CT molecular complexity index is 1680. The maximum absolute atomic E-state index is 9.83. The molecule has 0 radical (unpaired) electrons. The molecular weight excluding hydrogens is 376 g/mol. The lowest BCUT2D eigenvalue weighted by Gasteiger charge is -1.99. The van der Waals surface area contributed by atoms with Crippen molar-refractivity contribution in [2.24, 2.45) is 0 Å². The minimum atomic E-state index is 0.243. The minimum absolute atomic E-state index is 0.243. The third-order valence-electron chi connectivity index (χ3n) is 5.95. The summed E-state index contributed by atoms with van der Waals surface area (Å²) in [5.41, 5.74) is 3.18. The first-order valence-corrected chi connectivity index (χ1v) is 9.70. The highest BCUT2D eigenvalue weighted by molar-refractivity contribution is 6.18. The van der Waals surface area contributed by atoms with Gasteiger partial charge in [-0.1, -0.05) is 12.1 Å². The molecule has 2 N–H and O–H groups in total. The van der Waals surface area contributed by atoms with Crippen LogP contribution in [0, 0.1) is 0 Å². The summed E-state index contributed by atoms with van der Waals surface area (Å²) in [6.45, 7) is 0. The fourth-order valence-electron chi connectivity index (χ4n) is 4.50. The van der Waals surface area contributed by atoms with Crippen LogP contribution >= 0.6 is 0 Å². The van der Waals surface area contributed by atoms with Gasteiger partial charge in [0.05, 0.1) is 0 Å². The maximum atomic E-state index is 9.83. The average Bonchev–Trinajstić information content (AvgIpc) is 3.25. The number of phenols is 2. The SMILES string of the molecule is Oc1ccc2cc3oc4cc5c(cc4c3cc2c1)oc1cc2ccc(O)cc2cc15. The van der Waals surface area contributed by atoms with Crippen LogP contribution in [-0.4, -0.2) is 10.2 Å². The van der Waals surface area contributed by atoms with Crippen LogP contribution in [0.1, 0.15) is 0 Å². The summed E-state index contributed by atoms with van der Waals surface area (Å²) in [6, 6.07) is 22.8. The molecule has 5 aromatic carbocycles. The first-order chi connectivity index (χ1) is 14.6. The summed E-state index contributed by atoms with van der Waals surface area (Å²) in [5.74, 6) is 0.486. The molecule has 0 aliphatic rings. The zero-order chi connectivity index (χ0) is 20.0. The molecule has 2 aromatic heterocycles. The van der Waals surface area contributed by atoms with Crippen LogP contribution in [0.3, 0.4) is 0 Å². The van der Waals surface area contributed by atoms with Gasteiger partial charge in [0, 0.05) is 21.5 Å². The fourth-order valence-corrected chi connectivity index (χ4v) is 4.50. The number of hydrogen-bond donors (Lipinski definition) is 2. The first kappa shape index (κ1) is 15.7. The number of hydrogen-bond acceptors (Lipinski definition) is 4. The Labute approximate surface area is 169 Å². The predicted octanol–water partition coefficient (Wildman–Crippen LogP) is 7.20. The summed E-state index contributed by atoms with van der Waals surface area (Å²) in [4.78, 5) is 0. The molecule has 2 heterocycles. The van der Waals surface area contributed by atoms with E-state index in [-0.39, 0.29) is 11.5 Å². The molecule has 7 aromatic rings. The summed E-state index contributed by atoms with van der Waals surface area (Å²) in [5, 5.41) is 27.5. The molecule has 0 atom stereocenters. The second kappa shape index (κ2) is 5.24. The third kappa shape index (κ3) is 2.05. The van der Waals surface area contributed by atoms with Gasteiger partial charge in [0.25, 0.3) is 0 Å². The van der Waals surface area contributed by atoms with E-state index in [0.717, 1.165) is 65.4 Å². The normalized spacial score (nSPS) is 12.3. The zero-order valence-electron chi connectivity index (χ0n) is 15.6. The van der Waals surface area contributed by atoms with E-state index < -0.39 is 0 Å².